The number of hydrogen-bond donors (Lipinski definition) is 1. The van der Waals surface area contributed by atoms with E-state index in [0.29, 0.717) is 13.1 Å². The number of benzene rings is 2. The van der Waals surface area contributed by atoms with Crippen molar-refractivity contribution in [2.75, 3.05) is 0 Å². The molecular weight excluding hydrogens is 359 g/mol. The van der Waals surface area contributed by atoms with E-state index in [-0.39, 0.29) is 5.82 Å². The largest absolute Gasteiger partial charge is 0.307 e. The van der Waals surface area contributed by atoms with Crippen LogP contribution in [0.1, 0.15) is 16.3 Å². The highest BCUT2D eigenvalue weighted by molar-refractivity contribution is 7.09. The smallest absolute Gasteiger partial charge is 0.123 e. The lowest BCUT2D eigenvalue weighted by Gasteiger charge is -2.04. The van der Waals surface area contributed by atoms with Crippen LogP contribution in [0, 0.1) is 12.7 Å². The number of nitrogens with one attached hydrogen (secondary N) is 1. The quantitative estimate of drug-likeness (QED) is 0.527. The number of aromatic nitrogens is 3. The van der Waals surface area contributed by atoms with Gasteiger partial charge in [-0.2, -0.15) is 5.10 Å². The lowest BCUT2D eigenvalue weighted by molar-refractivity contribution is 0.628. The van der Waals surface area contributed by atoms with E-state index in [1.54, 1.807) is 23.5 Å². The third-order valence-electron chi connectivity index (χ3n) is 4.22. The van der Waals surface area contributed by atoms with Crippen molar-refractivity contribution in [1.29, 1.82) is 0 Å². The number of nitrogens with zero attached hydrogens (tertiary/aromatic N) is 3. The fourth-order valence-corrected chi connectivity index (χ4v) is 3.53. The maximum absolute atomic E-state index is 13.3. The van der Waals surface area contributed by atoms with Crippen molar-refractivity contribution >= 4 is 11.3 Å². The highest BCUT2D eigenvalue weighted by Crippen LogP contribution is 2.24. The van der Waals surface area contributed by atoms with Crippen LogP contribution in [0.4, 0.5) is 4.39 Å². The summed E-state index contributed by atoms with van der Waals surface area (Å²) in [6, 6.07) is 16.4. The molecule has 0 radical (unpaired) electrons. The summed E-state index contributed by atoms with van der Waals surface area (Å²) in [7, 11) is 0. The van der Waals surface area contributed by atoms with Crippen molar-refractivity contribution < 1.29 is 4.39 Å². The summed E-state index contributed by atoms with van der Waals surface area (Å²) < 4.78 is 15.2. The molecule has 4 rings (SSSR count). The normalized spacial score (nSPS) is 11.0. The number of para-hydroxylation sites is 1. The Balaban J connectivity index is 1.61. The van der Waals surface area contributed by atoms with E-state index in [1.807, 2.05) is 48.1 Å². The fourth-order valence-electron chi connectivity index (χ4n) is 2.92. The van der Waals surface area contributed by atoms with Gasteiger partial charge in [-0.05, 0) is 43.3 Å². The molecule has 0 saturated carbocycles. The zero-order valence-electron chi connectivity index (χ0n) is 14.9. The van der Waals surface area contributed by atoms with Gasteiger partial charge in [-0.25, -0.2) is 14.1 Å². The summed E-state index contributed by atoms with van der Waals surface area (Å²) in [4.78, 5) is 4.48. The van der Waals surface area contributed by atoms with Gasteiger partial charge < -0.3 is 5.32 Å². The minimum absolute atomic E-state index is 0.250. The lowest BCUT2D eigenvalue weighted by Crippen LogP contribution is -2.13. The van der Waals surface area contributed by atoms with Gasteiger partial charge in [-0.3, -0.25) is 0 Å². The first kappa shape index (κ1) is 17.6. The van der Waals surface area contributed by atoms with Gasteiger partial charge in [0.2, 0.25) is 0 Å². The van der Waals surface area contributed by atoms with Crippen molar-refractivity contribution in [3.63, 3.8) is 0 Å². The molecule has 0 amide bonds. The van der Waals surface area contributed by atoms with Crippen molar-refractivity contribution in [2.45, 2.75) is 20.0 Å². The predicted molar refractivity (Wildman–Crippen MR) is 106 cm³/mol. The van der Waals surface area contributed by atoms with Crippen molar-refractivity contribution in [3.8, 4) is 16.9 Å². The molecule has 27 heavy (non-hydrogen) atoms. The molecular formula is C21H19FN4S. The van der Waals surface area contributed by atoms with Crippen LogP contribution in [0.25, 0.3) is 16.9 Å². The van der Waals surface area contributed by atoms with Crippen LogP contribution < -0.4 is 5.32 Å². The lowest BCUT2D eigenvalue weighted by atomic mass is 10.1. The molecule has 1 N–H and O–H groups in total. The molecule has 0 bridgehead atoms. The third-order valence-corrected chi connectivity index (χ3v) is 5.04. The molecule has 4 aromatic rings. The Morgan fingerprint density at radius 2 is 1.81 bits per heavy atom. The van der Waals surface area contributed by atoms with Crippen LogP contribution in [0.5, 0.6) is 0 Å². The maximum Gasteiger partial charge on any atom is 0.123 e. The summed E-state index contributed by atoms with van der Waals surface area (Å²) in [5.74, 6) is -0.250. The minimum atomic E-state index is -0.250. The molecule has 0 aliphatic carbocycles. The van der Waals surface area contributed by atoms with Crippen LogP contribution in [-0.4, -0.2) is 14.8 Å². The summed E-state index contributed by atoms with van der Waals surface area (Å²) in [5, 5.41) is 11.3. The van der Waals surface area contributed by atoms with Gasteiger partial charge in [0.25, 0.3) is 0 Å². The summed E-state index contributed by atoms with van der Waals surface area (Å²) in [6.07, 6.45) is 2.02. The van der Waals surface area contributed by atoms with E-state index in [9.17, 15) is 4.39 Å². The van der Waals surface area contributed by atoms with Gasteiger partial charge in [0.15, 0.2) is 0 Å². The van der Waals surface area contributed by atoms with Crippen LogP contribution >= 0.6 is 11.3 Å². The van der Waals surface area contributed by atoms with Crippen LogP contribution in [0.2, 0.25) is 0 Å². The molecule has 2 aromatic heterocycles. The second kappa shape index (κ2) is 7.82. The van der Waals surface area contributed by atoms with E-state index in [1.165, 1.54) is 12.1 Å². The standard InChI is InChI=1S/C21H19FN4S/c1-15-24-19(14-27-15)12-23-11-17-13-26(20-5-3-2-4-6-20)25-21(17)16-7-9-18(22)10-8-16/h2-10,13-14,23H,11-12H2,1H3. The monoisotopic (exact) mass is 378 g/mol. The van der Waals surface area contributed by atoms with Gasteiger partial charge in [0, 0.05) is 35.8 Å². The SMILES string of the molecule is Cc1nc(CNCc2cn(-c3ccccc3)nc2-c2ccc(F)cc2)cs1. The first-order valence-electron chi connectivity index (χ1n) is 8.71. The second-order valence-electron chi connectivity index (χ2n) is 6.25. The molecule has 0 atom stereocenters. The van der Waals surface area contributed by atoms with Crippen LogP contribution in [-0.2, 0) is 13.1 Å². The van der Waals surface area contributed by atoms with E-state index in [0.717, 1.165) is 33.2 Å². The van der Waals surface area contributed by atoms with Crippen molar-refractivity contribution in [1.82, 2.24) is 20.1 Å². The number of aryl methyl sites for hydroxylation is 1. The Morgan fingerprint density at radius 1 is 1.04 bits per heavy atom. The maximum atomic E-state index is 13.3. The highest BCUT2D eigenvalue weighted by Gasteiger charge is 2.12. The summed E-state index contributed by atoms with van der Waals surface area (Å²) in [6.45, 7) is 3.35. The average Bonchev–Trinajstić information content (AvgIpc) is 3.30. The van der Waals surface area contributed by atoms with E-state index >= 15 is 0 Å². The van der Waals surface area contributed by atoms with Gasteiger partial charge in [-0.15, -0.1) is 11.3 Å². The van der Waals surface area contributed by atoms with E-state index in [4.69, 9.17) is 5.10 Å². The zero-order valence-corrected chi connectivity index (χ0v) is 15.7. The van der Waals surface area contributed by atoms with Crippen molar-refractivity contribution in [3.05, 3.63) is 88.3 Å². The molecule has 6 heteroatoms. The zero-order chi connectivity index (χ0) is 18.6. The first-order chi connectivity index (χ1) is 13.2. The molecule has 0 saturated heterocycles. The molecule has 0 spiro atoms. The molecule has 4 nitrogen and oxygen atoms in total. The number of halogens is 1. The average molecular weight is 378 g/mol. The third kappa shape index (κ3) is 4.13. The van der Waals surface area contributed by atoms with Gasteiger partial charge in [0.1, 0.15) is 5.82 Å². The van der Waals surface area contributed by atoms with Gasteiger partial charge in [-0.1, -0.05) is 18.2 Å². The molecule has 0 unspecified atom stereocenters. The molecule has 0 aliphatic rings. The second-order valence-corrected chi connectivity index (χ2v) is 7.31. The fraction of sp³-hybridized carbons (Fsp3) is 0.143. The number of rotatable bonds is 6. The predicted octanol–water partition coefficient (Wildman–Crippen LogP) is 4.73. The highest BCUT2D eigenvalue weighted by atomic mass is 32.1. The number of hydrogen-bond acceptors (Lipinski definition) is 4. The van der Waals surface area contributed by atoms with Gasteiger partial charge >= 0.3 is 0 Å². The Morgan fingerprint density at radius 3 is 2.52 bits per heavy atom. The Kier molecular flexibility index (Phi) is 5.09. The van der Waals surface area contributed by atoms with Crippen LogP contribution in [0.3, 0.4) is 0 Å². The van der Waals surface area contributed by atoms with Crippen LogP contribution in [0.15, 0.2) is 66.2 Å². The summed E-state index contributed by atoms with van der Waals surface area (Å²) in [5.41, 5.74) is 4.82. The van der Waals surface area contributed by atoms with E-state index in [2.05, 4.69) is 15.7 Å². The number of thiazole rings is 1. The molecule has 136 valence electrons. The molecule has 2 heterocycles. The molecule has 0 fully saturated rings. The van der Waals surface area contributed by atoms with E-state index < -0.39 is 0 Å². The van der Waals surface area contributed by atoms with Gasteiger partial charge in [0.05, 0.1) is 22.1 Å². The Hall–Kier alpha value is -2.83. The topological polar surface area (TPSA) is 42.7 Å². The Labute approximate surface area is 161 Å². The Bertz CT molecular complexity index is 1020. The first-order valence-corrected chi connectivity index (χ1v) is 9.58. The molecule has 2 aromatic carbocycles. The summed E-state index contributed by atoms with van der Waals surface area (Å²) >= 11 is 1.65. The minimum Gasteiger partial charge on any atom is -0.307 e. The van der Waals surface area contributed by atoms with Crippen molar-refractivity contribution in [2.24, 2.45) is 0 Å². The molecule has 0 aliphatic heterocycles.